The second-order valence-electron chi connectivity index (χ2n) is 12.1. The molecule has 188 valence electrons. The van der Waals surface area contributed by atoms with E-state index in [1.165, 1.54) is 0 Å². The van der Waals surface area contributed by atoms with E-state index in [0.29, 0.717) is 43.9 Å². The van der Waals surface area contributed by atoms with Gasteiger partial charge in [0.2, 0.25) is 0 Å². The van der Waals surface area contributed by atoms with Crippen molar-refractivity contribution in [2.45, 2.75) is 97.9 Å². The number of ketones is 3. The fourth-order valence-corrected chi connectivity index (χ4v) is 7.08. The normalized spacial score (nSPS) is 37.8. The summed E-state index contributed by atoms with van der Waals surface area (Å²) < 4.78 is 12.0. The number of hydrogen-bond donors (Lipinski definition) is 0. The smallest absolute Gasteiger partial charge is 0.309 e. The van der Waals surface area contributed by atoms with Crippen LogP contribution >= 0.6 is 0 Å². The van der Waals surface area contributed by atoms with Crippen LogP contribution < -0.4 is 0 Å². The molecule has 2 heterocycles. The predicted molar refractivity (Wildman–Crippen MR) is 127 cm³/mol. The first kappa shape index (κ1) is 25.3. The second kappa shape index (κ2) is 9.33. The van der Waals surface area contributed by atoms with Crippen molar-refractivity contribution in [3.63, 3.8) is 0 Å². The lowest BCUT2D eigenvalue weighted by Crippen LogP contribution is -2.52. The number of carbonyl (C=O) groups excluding carboxylic acids is 4. The molecule has 6 nitrogen and oxygen atoms in total. The Bertz CT molecular complexity index is 893. The molecule has 0 radical (unpaired) electrons. The van der Waals surface area contributed by atoms with Gasteiger partial charge in [0.25, 0.3) is 0 Å². The quantitative estimate of drug-likeness (QED) is 0.418. The molecule has 2 aliphatic heterocycles. The third-order valence-electron chi connectivity index (χ3n) is 8.83. The van der Waals surface area contributed by atoms with E-state index in [0.717, 1.165) is 5.57 Å². The van der Waals surface area contributed by atoms with Crippen LogP contribution in [0.1, 0.15) is 80.1 Å². The summed E-state index contributed by atoms with van der Waals surface area (Å²) in [6, 6.07) is 0. The molecule has 2 saturated heterocycles. The van der Waals surface area contributed by atoms with E-state index in [2.05, 4.69) is 27.7 Å². The number of carbonyl (C=O) groups is 4. The van der Waals surface area contributed by atoms with Crippen LogP contribution in [0, 0.1) is 41.4 Å². The minimum atomic E-state index is -0.743. The van der Waals surface area contributed by atoms with Crippen molar-refractivity contribution in [2.75, 3.05) is 0 Å². The van der Waals surface area contributed by atoms with Crippen molar-refractivity contribution >= 4 is 23.3 Å². The first-order chi connectivity index (χ1) is 15.9. The summed E-state index contributed by atoms with van der Waals surface area (Å²) in [5.74, 6) is -0.188. The lowest BCUT2D eigenvalue weighted by atomic mass is 9.61. The van der Waals surface area contributed by atoms with E-state index in [9.17, 15) is 19.2 Å². The summed E-state index contributed by atoms with van der Waals surface area (Å²) in [4.78, 5) is 52.1. The monoisotopic (exact) mass is 472 g/mol. The summed E-state index contributed by atoms with van der Waals surface area (Å²) >= 11 is 0. The second-order valence-corrected chi connectivity index (χ2v) is 12.1. The van der Waals surface area contributed by atoms with Crippen LogP contribution in [0.4, 0.5) is 0 Å². The standard InChI is InChI=1S/C28H40O6/c1-14(2)21(15(3)4)11-19(29)10-18-7-16(5)8-24(30)23-13-20(33-27(18)32)12-22-17(6)9-25(31)26-28(22,23)34-26/h9,14-16,18,20-23,26H,7-8,10-13H2,1-6H3/t16-,18?,20-,22?,23?,26-,28-/m1/s1. The van der Waals surface area contributed by atoms with Crippen molar-refractivity contribution < 1.29 is 28.7 Å². The first-order valence-electron chi connectivity index (χ1n) is 13.1. The Balaban J connectivity index is 1.52. The minimum absolute atomic E-state index is 0.0506. The molecule has 1 saturated carbocycles. The van der Waals surface area contributed by atoms with Crippen LogP contribution in [0.3, 0.4) is 0 Å². The summed E-state index contributed by atoms with van der Waals surface area (Å²) in [6.45, 7) is 12.4. The number of fused-ring (bicyclic) bond motifs is 2. The van der Waals surface area contributed by atoms with E-state index in [4.69, 9.17) is 9.47 Å². The molecule has 4 rings (SSSR count). The Hall–Kier alpha value is -1.82. The SMILES string of the molecule is CC1=CC(=O)[C@H]2O[C@]23C2C[C@@H](CC13)OC(=O)C(CC(=O)CC(C(C)C)C(C)C)C[C@@H](C)CC2=O. The third-order valence-corrected chi connectivity index (χ3v) is 8.83. The lowest BCUT2D eigenvalue weighted by molar-refractivity contribution is -0.163. The summed E-state index contributed by atoms with van der Waals surface area (Å²) in [6.07, 6.45) is 3.08. The van der Waals surface area contributed by atoms with E-state index in [-0.39, 0.29) is 47.5 Å². The molecule has 0 aromatic heterocycles. The van der Waals surface area contributed by atoms with E-state index in [1.54, 1.807) is 6.08 Å². The Labute approximate surface area is 203 Å². The Morgan fingerprint density at radius 2 is 1.71 bits per heavy atom. The van der Waals surface area contributed by atoms with Gasteiger partial charge in [-0.2, -0.15) is 0 Å². The van der Waals surface area contributed by atoms with Gasteiger partial charge in [-0.25, -0.2) is 0 Å². The molecule has 1 spiro atoms. The molecule has 0 N–H and O–H groups in total. The Morgan fingerprint density at radius 1 is 1.06 bits per heavy atom. The molecule has 4 aliphatic rings. The summed E-state index contributed by atoms with van der Waals surface area (Å²) in [7, 11) is 0. The number of Topliss-reactive ketones (excluding diaryl/α,β-unsaturated/α-hetero) is 2. The molecule has 0 aromatic rings. The molecular formula is C28H40O6. The molecule has 6 heteroatoms. The maximum absolute atomic E-state index is 13.4. The maximum Gasteiger partial charge on any atom is 0.309 e. The van der Waals surface area contributed by atoms with Gasteiger partial charge in [0.1, 0.15) is 23.3 Å². The van der Waals surface area contributed by atoms with E-state index >= 15 is 0 Å². The van der Waals surface area contributed by atoms with Crippen molar-refractivity contribution in [3.8, 4) is 0 Å². The van der Waals surface area contributed by atoms with Crippen LogP contribution in [0.5, 0.6) is 0 Å². The Kier molecular flexibility index (Phi) is 6.93. The number of rotatable bonds is 6. The van der Waals surface area contributed by atoms with Gasteiger partial charge in [-0.1, -0.05) is 40.2 Å². The molecule has 2 aliphatic carbocycles. The van der Waals surface area contributed by atoms with Crippen LogP contribution in [-0.2, 0) is 28.7 Å². The molecule has 0 aromatic carbocycles. The maximum atomic E-state index is 13.4. The van der Waals surface area contributed by atoms with Gasteiger partial charge < -0.3 is 9.47 Å². The topological polar surface area (TPSA) is 90.0 Å². The van der Waals surface area contributed by atoms with Gasteiger partial charge in [0.15, 0.2) is 11.9 Å². The number of hydrogen-bond acceptors (Lipinski definition) is 6. The molecule has 3 fully saturated rings. The Morgan fingerprint density at radius 3 is 2.35 bits per heavy atom. The van der Waals surface area contributed by atoms with Crippen LogP contribution in [-0.4, -0.2) is 41.1 Å². The zero-order valence-electron chi connectivity index (χ0n) is 21.5. The zero-order valence-corrected chi connectivity index (χ0v) is 21.5. The molecule has 2 bridgehead atoms. The van der Waals surface area contributed by atoms with Crippen LogP contribution in [0.2, 0.25) is 0 Å². The number of esters is 1. The van der Waals surface area contributed by atoms with Crippen molar-refractivity contribution in [2.24, 2.45) is 41.4 Å². The summed E-state index contributed by atoms with van der Waals surface area (Å²) in [5, 5.41) is 0. The highest BCUT2D eigenvalue weighted by Crippen LogP contribution is 2.60. The highest BCUT2D eigenvalue weighted by molar-refractivity contribution is 6.00. The zero-order chi connectivity index (χ0) is 24.9. The average Bonchev–Trinajstić information content (AvgIpc) is 3.47. The number of epoxide rings is 1. The predicted octanol–water partition coefficient (Wildman–Crippen LogP) is 4.48. The van der Waals surface area contributed by atoms with Gasteiger partial charge in [0.05, 0.1) is 11.8 Å². The van der Waals surface area contributed by atoms with Gasteiger partial charge in [-0.05, 0) is 55.9 Å². The molecule has 34 heavy (non-hydrogen) atoms. The van der Waals surface area contributed by atoms with Crippen LogP contribution in [0.15, 0.2) is 11.6 Å². The molecular weight excluding hydrogens is 432 g/mol. The first-order valence-corrected chi connectivity index (χ1v) is 13.1. The van der Waals surface area contributed by atoms with Gasteiger partial charge >= 0.3 is 5.97 Å². The fraction of sp³-hybridized carbons (Fsp3) is 0.786. The highest BCUT2D eigenvalue weighted by Gasteiger charge is 2.73. The van der Waals surface area contributed by atoms with Gasteiger partial charge in [-0.3, -0.25) is 19.2 Å². The van der Waals surface area contributed by atoms with Gasteiger partial charge in [-0.15, -0.1) is 0 Å². The van der Waals surface area contributed by atoms with Gasteiger partial charge in [0, 0.05) is 25.2 Å². The molecule has 7 atom stereocenters. The lowest BCUT2D eigenvalue weighted by Gasteiger charge is -2.42. The minimum Gasteiger partial charge on any atom is -0.462 e. The van der Waals surface area contributed by atoms with Crippen molar-refractivity contribution in [1.82, 2.24) is 0 Å². The van der Waals surface area contributed by atoms with Crippen molar-refractivity contribution in [1.29, 1.82) is 0 Å². The highest BCUT2D eigenvalue weighted by atomic mass is 16.6. The van der Waals surface area contributed by atoms with E-state index in [1.807, 2.05) is 13.8 Å². The molecule has 3 unspecified atom stereocenters. The largest absolute Gasteiger partial charge is 0.462 e. The third kappa shape index (κ3) is 4.55. The fourth-order valence-electron chi connectivity index (χ4n) is 7.08. The number of ether oxygens (including phenoxy) is 2. The summed E-state index contributed by atoms with van der Waals surface area (Å²) in [5.41, 5.74) is 0.162. The van der Waals surface area contributed by atoms with Crippen LogP contribution in [0.25, 0.3) is 0 Å². The average molecular weight is 473 g/mol. The molecule has 0 amide bonds. The van der Waals surface area contributed by atoms with E-state index < -0.39 is 29.6 Å². The van der Waals surface area contributed by atoms with Crippen molar-refractivity contribution in [3.05, 3.63) is 11.6 Å².